The molecule has 228 valence electrons. The number of halogens is 1. The van der Waals surface area contributed by atoms with Crippen LogP contribution in [0.15, 0.2) is 72.8 Å². The monoisotopic (exact) mass is 585 g/mol. The molecule has 7 nitrogen and oxygen atoms in total. The van der Waals surface area contributed by atoms with E-state index in [9.17, 15) is 9.59 Å². The molecule has 2 aliphatic rings. The van der Waals surface area contributed by atoms with Crippen LogP contribution in [0, 0.1) is 6.92 Å². The van der Waals surface area contributed by atoms with Crippen molar-refractivity contribution in [3.8, 4) is 0 Å². The lowest BCUT2D eigenvalue weighted by Gasteiger charge is -2.47. The molecule has 0 spiro atoms. The number of rotatable bonds is 10. The van der Waals surface area contributed by atoms with Gasteiger partial charge in [-0.2, -0.15) is 0 Å². The summed E-state index contributed by atoms with van der Waals surface area (Å²) in [4.78, 5) is 29.6. The van der Waals surface area contributed by atoms with Crippen LogP contribution >= 0.6 is 0 Å². The topological polar surface area (TPSA) is 81.9 Å². The number of aryl methyl sites for hydroxylation is 1. The summed E-state index contributed by atoms with van der Waals surface area (Å²) in [6, 6.07) is 25.0. The summed E-state index contributed by atoms with van der Waals surface area (Å²) in [5, 5.41) is 2.24. The molecule has 3 aromatic rings. The van der Waals surface area contributed by atoms with Crippen LogP contribution < -0.4 is 20.9 Å². The lowest BCUT2D eigenvalue weighted by atomic mass is 9.78. The molecule has 43 heavy (non-hydrogen) atoms. The zero-order valence-electron chi connectivity index (χ0n) is 25.3. The van der Waals surface area contributed by atoms with Crippen LogP contribution in [0.1, 0.15) is 55.2 Å². The number of nitrogens with zero attached hydrogens (tertiary/aromatic N) is 3. The Morgan fingerprint density at radius 2 is 1.67 bits per heavy atom. The fraction of sp³-hybridized carbons (Fsp3) is 0.429. The number of nitrogens with two attached hydrogens (primary N) is 1. The summed E-state index contributed by atoms with van der Waals surface area (Å²) >= 11 is 0. The highest BCUT2D eigenvalue weighted by atomic mass is 19.1. The number of likely N-dealkylation sites (tertiary alicyclic amines) is 1. The minimum atomic E-state index is -1.28. The highest BCUT2D eigenvalue weighted by molar-refractivity contribution is 5.86. The van der Waals surface area contributed by atoms with E-state index >= 15 is 4.39 Å². The number of benzene rings is 3. The maximum atomic E-state index is 15.9. The standard InChI is InChI=1S/C35H44FN5O2/c1-26-3-5-27(6-4-26)23-40(22-18-34(43)38-25-42)31-13-11-30(12-14-31)39-19-15-32(16-20-39)41-21-17-33(35(2,36)24-41)28-7-9-29(37)10-8-28/h3-14,25,32-33H,15-24,37H2,1-2H3,(H,38,42,43). The van der Waals surface area contributed by atoms with Gasteiger partial charge in [-0.05, 0) is 87.2 Å². The van der Waals surface area contributed by atoms with Crippen LogP contribution in [0.2, 0.25) is 0 Å². The fourth-order valence-electron chi connectivity index (χ4n) is 6.69. The number of carbonyl (C=O) groups excluding carboxylic acids is 2. The van der Waals surface area contributed by atoms with Crippen molar-refractivity contribution in [3.63, 3.8) is 0 Å². The number of hydrogen-bond donors (Lipinski definition) is 2. The third kappa shape index (κ3) is 7.73. The maximum Gasteiger partial charge on any atom is 0.228 e. The molecule has 8 heteroatoms. The average Bonchev–Trinajstić information content (AvgIpc) is 3.01. The minimum absolute atomic E-state index is 0.104. The minimum Gasteiger partial charge on any atom is -0.399 e. The zero-order valence-corrected chi connectivity index (χ0v) is 25.3. The molecule has 2 aliphatic heterocycles. The first-order valence-electron chi connectivity index (χ1n) is 15.4. The molecule has 0 bridgehead atoms. The lowest BCUT2D eigenvalue weighted by Crippen LogP contribution is -2.54. The molecular formula is C35H44FN5O2. The third-order valence-corrected chi connectivity index (χ3v) is 9.17. The highest BCUT2D eigenvalue weighted by Crippen LogP contribution is 2.40. The number of anilines is 3. The predicted octanol–water partition coefficient (Wildman–Crippen LogP) is 5.43. The largest absolute Gasteiger partial charge is 0.399 e. The predicted molar refractivity (Wildman–Crippen MR) is 172 cm³/mol. The van der Waals surface area contributed by atoms with Crippen molar-refractivity contribution in [1.82, 2.24) is 10.2 Å². The molecule has 3 N–H and O–H groups in total. The van der Waals surface area contributed by atoms with Crippen LogP contribution in [0.25, 0.3) is 0 Å². The summed E-state index contributed by atoms with van der Waals surface area (Å²) in [5.74, 6) is -0.390. The zero-order chi connectivity index (χ0) is 30.4. The van der Waals surface area contributed by atoms with Gasteiger partial charge in [0.15, 0.2) is 0 Å². The third-order valence-electron chi connectivity index (χ3n) is 9.17. The summed E-state index contributed by atoms with van der Waals surface area (Å²) in [5.41, 5.74) is 10.9. The molecule has 0 aliphatic carbocycles. The normalized spacial score (nSPS) is 21.4. The number of carbonyl (C=O) groups is 2. The molecule has 5 rings (SSSR count). The van der Waals surface area contributed by atoms with Gasteiger partial charge in [0.2, 0.25) is 12.3 Å². The lowest BCUT2D eigenvalue weighted by molar-refractivity contribution is -0.125. The average molecular weight is 586 g/mol. The van der Waals surface area contributed by atoms with Gasteiger partial charge in [0.05, 0.1) is 0 Å². The van der Waals surface area contributed by atoms with Gasteiger partial charge in [-0.3, -0.25) is 19.8 Å². The van der Waals surface area contributed by atoms with Crippen molar-refractivity contribution in [1.29, 1.82) is 0 Å². The smallest absolute Gasteiger partial charge is 0.228 e. The molecule has 2 amide bonds. The quantitative estimate of drug-likeness (QED) is 0.244. The first-order valence-corrected chi connectivity index (χ1v) is 15.4. The van der Waals surface area contributed by atoms with E-state index in [2.05, 4.69) is 75.5 Å². The Hall–Kier alpha value is -3.91. The van der Waals surface area contributed by atoms with E-state index in [1.807, 2.05) is 24.3 Å². The molecule has 2 atom stereocenters. The van der Waals surface area contributed by atoms with Crippen molar-refractivity contribution in [2.45, 2.75) is 63.7 Å². The molecule has 2 saturated heterocycles. The van der Waals surface area contributed by atoms with Crippen molar-refractivity contribution < 1.29 is 14.0 Å². The first-order chi connectivity index (χ1) is 20.7. The fourth-order valence-corrected chi connectivity index (χ4v) is 6.69. The van der Waals surface area contributed by atoms with E-state index in [4.69, 9.17) is 5.73 Å². The van der Waals surface area contributed by atoms with E-state index in [1.165, 1.54) is 11.3 Å². The Morgan fingerprint density at radius 1 is 1.00 bits per heavy atom. The second-order valence-electron chi connectivity index (χ2n) is 12.3. The van der Waals surface area contributed by atoms with E-state index in [0.29, 0.717) is 37.8 Å². The van der Waals surface area contributed by atoms with Crippen molar-refractivity contribution >= 4 is 29.4 Å². The van der Waals surface area contributed by atoms with Crippen LogP contribution in [0.4, 0.5) is 21.5 Å². The number of hydrogen-bond acceptors (Lipinski definition) is 6. The van der Waals surface area contributed by atoms with Crippen molar-refractivity contribution in [3.05, 3.63) is 89.5 Å². The number of piperidine rings is 2. The number of amides is 2. The van der Waals surface area contributed by atoms with Crippen molar-refractivity contribution in [2.24, 2.45) is 0 Å². The molecule has 2 fully saturated rings. The van der Waals surface area contributed by atoms with Gasteiger partial charge in [0, 0.05) is 68.2 Å². The van der Waals surface area contributed by atoms with Crippen LogP contribution in [-0.2, 0) is 16.1 Å². The Bertz CT molecular complexity index is 1350. The maximum absolute atomic E-state index is 15.9. The number of nitrogen functional groups attached to an aromatic ring is 1. The Morgan fingerprint density at radius 3 is 2.30 bits per heavy atom. The van der Waals surface area contributed by atoms with Gasteiger partial charge in [-0.1, -0.05) is 42.0 Å². The van der Waals surface area contributed by atoms with E-state index in [0.717, 1.165) is 55.7 Å². The summed E-state index contributed by atoms with van der Waals surface area (Å²) in [7, 11) is 0. The second kappa shape index (κ2) is 13.6. The highest BCUT2D eigenvalue weighted by Gasteiger charge is 2.42. The molecule has 3 aromatic carbocycles. The van der Waals surface area contributed by atoms with Gasteiger partial charge in [-0.15, -0.1) is 0 Å². The molecular weight excluding hydrogens is 541 g/mol. The Kier molecular flexibility index (Phi) is 9.65. The number of alkyl halides is 1. The first kappa shape index (κ1) is 30.5. The van der Waals surface area contributed by atoms with Crippen LogP contribution in [-0.4, -0.2) is 61.7 Å². The summed E-state index contributed by atoms with van der Waals surface area (Å²) < 4.78 is 15.9. The van der Waals surface area contributed by atoms with E-state index in [-0.39, 0.29) is 18.2 Å². The Labute approximate surface area is 254 Å². The van der Waals surface area contributed by atoms with Crippen LogP contribution in [0.5, 0.6) is 0 Å². The SMILES string of the molecule is Cc1ccc(CN(CCC(=O)NC=O)c2ccc(N3CCC(N4CCC(c5ccc(N)cc5)C(C)(F)C4)CC3)cc2)cc1. The number of imide groups is 1. The molecule has 2 unspecified atom stereocenters. The van der Waals surface area contributed by atoms with Gasteiger partial charge in [0.25, 0.3) is 0 Å². The van der Waals surface area contributed by atoms with E-state index in [1.54, 1.807) is 6.92 Å². The van der Waals surface area contributed by atoms with Gasteiger partial charge in [0.1, 0.15) is 5.67 Å². The van der Waals surface area contributed by atoms with Gasteiger partial charge >= 0.3 is 0 Å². The number of nitrogens with one attached hydrogen (secondary N) is 1. The van der Waals surface area contributed by atoms with E-state index < -0.39 is 5.67 Å². The summed E-state index contributed by atoms with van der Waals surface area (Å²) in [6.45, 7) is 8.23. The van der Waals surface area contributed by atoms with Gasteiger partial charge in [-0.25, -0.2) is 4.39 Å². The van der Waals surface area contributed by atoms with Crippen molar-refractivity contribution in [2.75, 3.05) is 48.3 Å². The summed E-state index contributed by atoms with van der Waals surface area (Å²) in [6.07, 6.45) is 3.50. The molecule has 0 radical (unpaired) electrons. The molecule has 0 aromatic heterocycles. The van der Waals surface area contributed by atoms with Gasteiger partial charge < -0.3 is 15.5 Å². The molecule has 2 heterocycles. The molecule has 0 saturated carbocycles. The van der Waals surface area contributed by atoms with Crippen LogP contribution in [0.3, 0.4) is 0 Å². The Balaban J connectivity index is 1.18. The second-order valence-corrected chi connectivity index (χ2v) is 12.3.